The van der Waals surface area contributed by atoms with E-state index in [4.69, 9.17) is 14.2 Å². The number of allylic oxidation sites excluding steroid dienone is 1. The van der Waals surface area contributed by atoms with Crippen LogP contribution in [0.15, 0.2) is 42.6 Å². The highest BCUT2D eigenvalue weighted by Crippen LogP contribution is 2.46. The summed E-state index contributed by atoms with van der Waals surface area (Å²) in [5.74, 6) is -1.51. The van der Waals surface area contributed by atoms with Gasteiger partial charge in [-0.1, -0.05) is 26.0 Å². The fourth-order valence-electron chi connectivity index (χ4n) is 7.57. The van der Waals surface area contributed by atoms with E-state index in [1.807, 2.05) is 50.3 Å². The molecule has 1 aromatic carbocycles. The Kier molecular flexibility index (Phi) is 11.2. The lowest BCUT2D eigenvalue weighted by atomic mass is 9.88. The Morgan fingerprint density at radius 2 is 1.85 bits per heavy atom. The molecule has 2 aliphatic carbocycles. The van der Waals surface area contributed by atoms with Gasteiger partial charge in [-0.05, 0) is 108 Å². The van der Waals surface area contributed by atoms with Crippen LogP contribution >= 0.6 is 0 Å². The number of hydrogen-bond acceptors (Lipinski definition) is 10. The molecule has 0 unspecified atom stereocenters. The van der Waals surface area contributed by atoms with Crippen molar-refractivity contribution in [2.45, 2.75) is 121 Å². The largest absolute Gasteiger partial charge is 0.494 e. The number of benzene rings is 1. The molecule has 0 spiro atoms. The van der Waals surface area contributed by atoms with Gasteiger partial charge < -0.3 is 29.7 Å². The number of pyridine rings is 1. The van der Waals surface area contributed by atoms with Crippen LogP contribution in [0.3, 0.4) is 0 Å². The maximum atomic E-state index is 14.7. The zero-order chi connectivity index (χ0) is 39.0. The van der Waals surface area contributed by atoms with Gasteiger partial charge in [0.05, 0.1) is 18.4 Å². The molecule has 0 radical (unpaired) electrons. The van der Waals surface area contributed by atoms with Gasteiger partial charge in [-0.15, -0.1) is 0 Å². The first-order chi connectivity index (χ1) is 25.5. The van der Waals surface area contributed by atoms with Crippen LogP contribution in [0, 0.1) is 17.8 Å². The maximum Gasteiger partial charge on any atom is 0.408 e. The van der Waals surface area contributed by atoms with E-state index in [9.17, 15) is 27.6 Å². The first-order valence-corrected chi connectivity index (χ1v) is 20.6. The molecule has 3 fully saturated rings. The standard InChI is InChI=1S/C39H53N5O9S/c1-7-51-27-12-15-30-25(19-27)16-17-40-34(30)52-28-20-31-33(45)42-39(36(47)43-54(49,50)29-13-14-29)21-26(39)11-9-8-10-23(2)18-24(3)32(35(46)44(31)22-28)41-37(48)53-38(4,5)6/h9,11-12,15-17,19,23-24,26,28-29,31-32H,7-8,10,13-14,18,20-22H2,1-6H3,(H,41,48)(H,42,45)(H,43,47)/b11-9-/t23-,24+,26+,28+,31-,32-,39+/m0/s1. The zero-order valence-electron chi connectivity index (χ0n) is 31.9. The summed E-state index contributed by atoms with van der Waals surface area (Å²) in [6.45, 7) is 11.6. The van der Waals surface area contributed by atoms with E-state index in [2.05, 4.69) is 27.3 Å². The van der Waals surface area contributed by atoms with Crippen molar-refractivity contribution < 1.29 is 41.8 Å². The fraction of sp³-hybridized carbons (Fsp3) is 0.615. The van der Waals surface area contributed by atoms with Gasteiger partial charge in [-0.2, -0.15) is 0 Å². The summed E-state index contributed by atoms with van der Waals surface area (Å²) in [6, 6.07) is 5.22. The van der Waals surface area contributed by atoms with Crippen LogP contribution in [0.2, 0.25) is 0 Å². The van der Waals surface area contributed by atoms with Crippen molar-refractivity contribution in [3.63, 3.8) is 0 Å². The van der Waals surface area contributed by atoms with Crippen LogP contribution in [0.5, 0.6) is 11.6 Å². The Morgan fingerprint density at radius 3 is 2.56 bits per heavy atom. The minimum Gasteiger partial charge on any atom is -0.494 e. The maximum absolute atomic E-state index is 14.7. The summed E-state index contributed by atoms with van der Waals surface area (Å²) in [5, 5.41) is 6.62. The van der Waals surface area contributed by atoms with Crippen LogP contribution in [-0.4, -0.2) is 89.8 Å². The summed E-state index contributed by atoms with van der Waals surface area (Å²) < 4.78 is 45.6. The minimum atomic E-state index is -3.90. The van der Waals surface area contributed by atoms with E-state index < -0.39 is 74.3 Å². The molecule has 4 amide bonds. The number of ether oxygens (including phenoxy) is 3. The summed E-state index contributed by atoms with van der Waals surface area (Å²) in [7, 11) is -3.90. The Bertz CT molecular complexity index is 1910. The van der Waals surface area contributed by atoms with E-state index in [1.54, 1.807) is 27.0 Å². The lowest BCUT2D eigenvalue weighted by Gasteiger charge is -2.33. The number of carbonyl (C=O) groups is 4. The van der Waals surface area contributed by atoms with Gasteiger partial charge >= 0.3 is 6.09 Å². The molecule has 6 rings (SSSR count). The third-order valence-electron chi connectivity index (χ3n) is 10.6. The Hall–Kier alpha value is -4.40. The molecule has 4 aliphatic rings. The van der Waals surface area contributed by atoms with E-state index in [0.717, 1.165) is 11.8 Å². The molecule has 15 heteroatoms. The van der Waals surface area contributed by atoms with Gasteiger partial charge in [0.2, 0.25) is 27.7 Å². The van der Waals surface area contributed by atoms with Crippen molar-refractivity contribution in [1.29, 1.82) is 0 Å². The molecular formula is C39H53N5O9S. The van der Waals surface area contributed by atoms with Gasteiger partial charge in [0.1, 0.15) is 35.1 Å². The van der Waals surface area contributed by atoms with E-state index in [0.29, 0.717) is 49.3 Å². The number of hydrogen-bond donors (Lipinski definition) is 3. The number of fused-ring (bicyclic) bond motifs is 3. The van der Waals surface area contributed by atoms with Gasteiger partial charge in [-0.25, -0.2) is 18.2 Å². The molecule has 14 nitrogen and oxygen atoms in total. The average Bonchev–Trinajstić information content (AvgIpc) is 4.01. The number of carbonyl (C=O) groups excluding carboxylic acids is 4. The molecule has 1 aromatic heterocycles. The summed E-state index contributed by atoms with van der Waals surface area (Å²) in [5.41, 5.74) is -2.33. The van der Waals surface area contributed by atoms with Gasteiger partial charge in [-0.3, -0.25) is 19.1 Å². The lowest BCUT2D eigenvalue weighted by molar-refractivity contribution is -0.142. The number of nitrogens with zero attached hydrogens (tertiary/aromatic N) is 2. The second kappa shape index (κ2) is 15.4. The first-order valence-electron chi connectivity index (χ1n) is 19.0. The van der Waals surface area contributed by atoms with Gasteiger partial charge in [0.25, 0.3) is 5.91 Å². The van der Waals surface area contributed by atoms with Gasteiger partial charge in [0, 0.05) is 23.9 Å². The van der Waals surface area contributed by atoms with Crippen LogP contribution in [0.1, 0.15) is 86.5 Å². The number of sulfonamides is 1. The number of nitrogens with one attached hydrogen (secondary N) is 3. The van der Waals surface area contributed by atoms with Crippen LogP contribution in [0.4, 0.5) is 4.79 Å². The van der Waals surface area contributed by atoms with Crippen LogP contribution < -0.4 is 24.8 Å². The van der Waals surface area contributed by atoms with Crippen molar-refractivity contribution in [3.8, 4) is 11.6 Å². The zero-order valence-corrected chi connectivity index (χ0v) is 32.7. The van der Waals surface area contributed by atoms with E-state index in [-0.39, 0.29) is 31.2 Å². The molecule has 2 aliphatic heterocycles. The quantitative estimate of drug-likeness (QED) is 0.327. The molecule has 2 saturated carbocycles. The van der Waals surface area contributed by atoms with Crippen molar-refractivity contribution in [3.05, 3.63) is 42.6 Å². The number of rotatable bonds is 8. The topological polar surface area (TPSA) is 182 Å². The molecule has 1 saturated heterocycles. The predicted octanol–water partition coefficient (Wildman–Crippen LogP) is 4.37. The van der Waals surface area contributed by atoms with E-state index in [1.165, 1.54) is 4.90 Å². The Labute approximate surface area is 317 Å². The minimum absolute atomic E-state index is 0.0145. The Balaban J connectivity index is 1.34. The van der Waals surface area contributed by atoms with Crippen molar-refractivity contribution in [2.75, 3.05) is 13.2 Å². The second-order valence-corrected chi connectivity index (χ2v) is 18.3. The SMILES string of the molecule is CCOc1ccc2c(O[C@@H]3C[C@H]4C(=O)N[C@]5(C(=O)NS(=O)(=O)C6CC6)C[C@H]5/C=C\CC[C@H](C)C[C@@H](C)[C@H](NC(=O)OC(C)(C)C)C(=O)N4C3)nccc2c1. The van der Waals surface area contributed by atoms with Crippen molar-refractivity contribution >= 4 is 44.6 Å². The molecule has 294 valence electrons. The third-order valence-corrected chi connectivity index (χ3v) is 12.4. The number of alkyl carbamates (subject to hydrolysis) is 1. The van der Waals surface area contributed by atoms with Crippen molar-refractivity contribution in [2.24, 2.45) is 17.8 Å². The van der Waals surface area contributed by atoms with Crippen LogP contribution in [-0.2, 0) is 29.1 Å². The summed E-state index contributed by atoms with van der Waals surface area (Å²) in [6.07, 6.45) is 7.25. The van der Waals surface area contributed by atoms with Gasteiger partial charge in [0.15, 0.2) is 0 Å². The van der Waals surface area contributed by atoms with Crippen LogP contribution in [0.25, 0.3) is 10.8 Å². The third kappa shape index (κ3) is 8.93. The molecule has 54 heavy (non-hydrogen) atoms. The monoisotopic (exact) mass is 767 g/mol. The Morgan fingerprint density at radius 1 is 1.09 bits per heavy atom. The van der Waals surface area contributed by atoms with Crippen molar-refractivity contribution in [1.82, 2.24) is 25.2 Å². The fourth-order valence-corrected chi connectivity index (χ4v) is 8.93. The number of aromatic nitrogens is 1. The highest BCUT2D eigenvalue weighted by atomic mass is 32.2. The first kappa shape index (κ1) is 39.3. The van der Waals surface area contributed by atoms with E-state index >= 15 is 0 Å². The molecule has 3 heterocycles. The molecule has 7 atom stereocenters. The lowest BCUT2D eigenvalue weighted by Crippen LogP contribution is -2.59. The summed E-state index contributed by atoms with van der Waals surface area (Å²) in [4.78, 5) is 62.0. The molecule has 0 bridgehead atoms. The smallest absolute Gasteiger partial charge is 0.408 e. The molecule has 3 N–H and O–H groups in total. The second-order valence-electron chi connectivity index (χ2n) is 16.3. The highest BCUT2D eigenvalue weighted by Gasteiger charge is 2.62. The molecular weight excluding hydrogens is 715 g/mol. The summed E-state index contributed by atoms with van der Waals surface area (Å²) >= 11 is 0. The normalized spacial score (nSPS) is 29.8. The molecule has 2 aromatic rings. The number of amides is 4. The highest BCUT2D eigenvalue weighted by molar-refractivity contribution is 7.91. The predicted molar refractivity (Wildman–Crippen MR) is 201 cm³/mol. The average molecular weight is 768 g/mol.